The number of hydrogen-bond donors (Lipinski definition) is 1. The average molecular weight is 481 g/mol. The van der Waals surface area contributed by atoms with E-state index < -0.39 is 5.92 Å². The van der Waals surface area contributed by atoms with E-state index in [1.807, 2.05) is 25.1 Å². The monoisotopic (exact) mass is 480 g/mol. The van der Waals surface area contributed by atoms with Crippen molar-refractivity contribution in [3.05, 3.63) is 99.9 Å². The predicted octanol–water partition coefficient (Wildman–Crippen LogP) is 6.34. The Labute approximate surface area is 202 Å². The molecular formula is C25H22Cl2N4O2. The van der Waals surface area contributed by atoms with Crippen molar-refractivity contribution in [2.24, 2.45) is 5.92 Å². The van der Waals surface area contributed by atoms with Crippen LogP contribution in [0.5, 0.6) is 0 Å². The minimum atomic E-state index is -0.416. The molecule has 8 heteroatoms. The lowest BCUT2D eigenvalue weighted by atomic mass is 10.1. The predicted molar refractivity (Wildman–Crippen MR) is 130 cm³/mol. The van der Waals surface area contributed by atoms with Crippen molar-refractivity contribution in [2.45, 2.75) is 20.0 Å². The van der Waals surface area contributed by atoms with Gasteiger partial charge in [0.1, 0.15) is 24.7 Å². The van der Waals surface area contributed by atoms with Crippen molar-refractivity contribution in [3.63, 3.8) is 0 Å². The Morgan fingerprint density at radius 2 is 2.30 bits per heavy atom. The van der Waals surface area contributed by atoms with Crippen LogP contribution in [0, 0.1) is 17.2 Å². The topological polar surface area (TPSA) is 83.8 Å². The number of aromatic amines is 1. The number of nitrogens with zero attached hydrogens (tertiary/aromatic N) is 3. The third-order valence-corrected chi connectivity index (χ3v) is 5.10. The smallest absolute Gasteiger partial charge is 0.181 e. The van der Waals surface area contributed by atoms with Crippen LogP contribution in [0.25, 0.3) is 11.0 Å². The van der Waals surface area contributed by atoms with Crippen molar-refractivity contribution in [3.8, 4) is 6.07 Å². The summed E-state index contributed by atoms with van der Waals surface area (Å²) in [6.45, 7) is 2.45. The number of aromatic nitrogens is 3. The molecule has 1 aliphatic carbocycles. The second-order valence-corrected chi connectivity index (χ2v) is 7.70. The van der Waals surface area contributed by atoms with Crippen molar-refractivity contribution in [2.75, 3.05) is 6.61 Å². The highest BCUT2D eigenvalue weighted by molar-refractivity contribution is 6.31. The molecule has 2 aromatic heterocycles. The molecule has 0 fully saturated rings. The van der Waals surface area contributed by atoms with Crippen LogP contribution in [0.3, 0.4) is 0 Å². The number of fused-ring (bicyclic) bond motifs is 1. The number of pyridine rings is 1. The Kier molecular flexibility index (Phi) is 9.17. The van der Waals surface area contributed by atoms with E-state index in [1.165, 1.54) is 0 Å². The standard InChI is InChI=1S/C25H22Cl2N4O2/c1-2-21(33-17-24-23-4-3-14-29-25(23)31-30-24)11-8-20(27)13-15-32-22-10-6-18(16-28)5-7-19(26)9-12-22/h2-9,11,13-14,18H,12,15,17H2,1H3,(H,29,30,31)/b7-5?,11-8-,19-9+,20-13-,21-2+. The quantitative estimate of drug-likeness (QED) is 0.270. The summed E-state index contributed by atoms with van der Waals surface area (Å²) >= 11 is 12.4. The third kappa shape index (κ3) is 7.55. The summed E-state index contributed by atoms with van der Waals surface area (Å²) in [6, 6.07) is 5.95. The number of halogens is 2. The first-order valence-electron chi connectivity index (χ1n) is 10.2. The summed E-state index contributed by atoms with van der Waals surface area (Å²) < 4.78 is 11.6. The zero-order valence-corrected chi connectivity index (χ0v) is 19.5. The maximum Gasteiger partial charge on any atom is 0.181 e. The van der Waals surface area contributed by atoms with Gasteiger partial charge in [-0.3, -0.25) is 5.10 Å². The first-order chi connectivity index (χ1) is 16.1. The van der Waals surface area contributed by atoms with Gasteiger partial charge in [0.15, 0.2) is 5.65 Å². The fourth-order valence-corrected chi connectivity index (χ4v) is 3.05. The lowest BCUT2D eigenvalue weighted by Crippen LogP contribution is -1.93. The normalized spacial score (nSPS) is 18.8. The molecule has 6 nitrogen and oxygen atoms in total. The molecule has 0 spiro atoms. The molecule has 0 aromatic carbocycles. The van der Waals surface area contributed by atoms with Gasteiger partial charge in [-0.05, 0) is 55.5 Å². The first kappa shape index (κ1) is 24.2. The van der Waals surface area contributed by atoms with Gasteiger partial charge >= 0.3 is 0 Å². The molecule has 1 N–H and O–H groups in total. The second-order valence-electron chi connectivity index (χ2n) is 6.83. The number of allylic oxidation sites excluding steroid dienone is 8. The average Bonchev–Trinajstić information content (AvgIpc) is 3.27. The molecule has 0 radical (unpaired) electrons. The minimum Gasteiger partial charge on any atom is -0.488 e. The SMILES string of the molecule is C\C=C(/C=C\C(Cl)=C\COC1=C=CC(C#N)C=C/C(Cl)=C\C1)OCc1[nH]nc2ncccc12. The highest BCUT2D eigenvalue weighted by Gasteiger charge is 2.06. The highest BCUT2D eigenvalue weighted by atomic mass is 35.5. The number of ether oxygens (including phenoxy) is 2. The summed E-state index contributed by atoms with van der Waals surface area (Å²) in [5.41, 5.74) is 4.52. The molecule has 0 amide bonds. The number of rotatable bonds is 8. The summed E-state index contributed by atoms with van der Waals surface area (Å²) in [4.78, 5) is 4.20. The van der Waals surface area contributed by atoms with Crippen LogP contribution in [0.1, 0.15) is 19.0 Å². The van der Waals surface area contributed by atoms with E-state index in [1.54, 1.807) is 48.7 Å². The Balaban J connectivity index is 1.54. The zero-order valence-electron chi connectivity index (χ0n) is 18.0. The Morgan fingerprint density at radius 1 is 1.42 bits per heavy atom. The second kappa shape index (κ2) is 12.5. The van der Waals surface area contributed by atoms with E-state index in [0.717, 1.165) is 11.1 Å². The van der Waals surface area contributed by atoms with Gasteiger partial charge in [0.2, 0.25) is 0 Å². The van der Waals surface area contributed by atoms with Crippen LogP contribution in [-0.4, -0.2) is 21.8 Å². The fraction of sp³-hybridized carbons (Fsp3) is 0.200. The van der Waals surface area contributed by atoms with Gasteiger partial charge in [0.25, 0.3) is 0 Å². The van der Waals surface area contributed by atoms with Crippen LogP contribution in [0.2, 0.25) is 0 Å². The van der Waals surface area contributed by atoms with Crippen LogP contribution in [-0.2, 0) is 16.1 Å². The zero-order chi connectivity index (χ0) is 23.5. The summed E-state index contributed by atoms with van der Waals surface area (Å²) in [5, 5.41) is 18.2. The van der Waals surface area contributed by atoms with Gasteiger partial charge < -0.3 is 9.47 Å². The molecule has 3 rings (SSSR count). The fourth-order valence-electron chi connectivity index (χ4n) is 2.78. The molecule has 2 heterocycles. The molecule has 1 unspecified atom stereocenters. The van der Waals surface area contributed by atoms with E-state index >= 15 is 0 Å². The molecule has 168 valence electrons. The van der Waals surface area contributed by atoms with Gasteiger partial charge in [0, 0.05) is 28.1 Å². The van der Waals surface area contributed by atoms with E-state index in [2.05, 4.69) is 27.0 Å². The lowest BCUT2D eigenvalue weighted by molar-refractivity contribution is 0.208. The van der Waals surface area contributed by atoms with Crippen LogP contribution < -0.4 is 0 Å². The maximum atomic E-state index is 9.14. The summed E-state index contributed by atoms with van der Waals surface area (Å²) in [6.07, 6.45) is 16.1. The summed E-state index contributed by atoms with van der Waals surface area (Å²) in [5.74, 6) is 0.813. The van der Waals surface area contributed by atoms with Gasteiger partial charge in [-0.15, -0.1) is 0 Å². The molecular weight excluding hydrogens is 459 g/mol. The molecule has 33 heavy (non-hydrogen) atoms. The van der Waals surface area contributed by atoms with Crippen molar-refractivity contribution >= 4 is 34.2 Å². The molecule has 0 bridgehead atoms. The Hall–Kier alpha value is -3.49. The van der Waals surface area contributed by atoms with Crippen LogP contribution in [0.15, 0.2) is 94.3 Å². The number of nitrogens with one attached hydrogen (secondary N) is 1. The maximum absolute atomic E-state index is 9.14. The van der Waals surface area contributed by atoms with E-state index in [0.29, 0.717) is 40.3 Å². The van der Waals surface area contributed by atoms with Crippen LogP contribution >= 0.6 is 23.2 Å². The van der Waals surface area contributed by atoms with Gasteiger partial charge in [-0.25, -0.2) is 4.98 Å². The van der Waals surface area contributed by atoms with Gasteiger partial charge in [-0.1, -0.05) is 41.1 Å². The van der Waals surface area contributed by atoms with Crippen molar-refractivity contribution in [1.29, 1.82) is 5.26 Å². The summed E-state index contributed by atoms with van der Waals surface area (Å²) in [7, 11) is 0. The molecule has 0 aliphatic heterocycles. The lowest BCUT2D eigenvalue weighted by Gasteiger charge is -2.06. The molecule has 0 saturated carbocycles. The number of H-pyrrole nitrogens is 1. The van der Waals surface area contributed by atoms with Gasteiger partial charge in [0.05, 0.1) is 17.7 Å². The molecule has 1 atom stereocenters. The van der Waals surface area contributed by atoms with Crippen molar-refractivity contribution in [1.82, 2.24) is 15.2 Å². The molecule has 2 aromatic rings. The minimum absolute atomic E-state index is 0.245. The van der Waals surface area contributed by atoms with Crippen LogP contribution in [0.4, 0.5) is 0 Å². The molecule has 1 aliphatic rings. The van der Waals surface area contributed by atoms with E-state index in [4.69, 9.17) is 37.9 Å². The van der Waals surface area contributed by atoms with Crippen molar-refractivity contribution < 1.29 is 9.47 Å². The third-order valence-electron chi connectivity index (χ3n) is 4.54. The van der Waals surface area contributed by atoms with E-state index in [-0.39, 0.29) is 6.61 Å². The van der Waals surface area contributed by atoms with E-state index in [9.17, 15) is 0 Å². The number of nitriles is 1. The Bertz CT molecular complexity index is 1240. The van der Waals surface area contributed by atoms with Gasteiger partial charge in [-0.2, -0.15) is 10.4 Å². The number of hydrogen-bond acceptors (Lipinski definition) is 5. The molecule has 0 saturated heterocycles. The first-order valence-corrected chi connectivity index (χ1v) is 11.0. The largest absolute Gasteiger partial charge is 0.488 e. The highest BCUT2D eigenvalue weighted by Crippen LogP contribution is 2.17. The Morgan fingerprint density at radius 3 is 3.12 bits per heavy atom.